The lowest BCUT2D eigenvalue weighted by Crippen LogP contribution is -2.14. The molecule has 0 heterocycles. The van der Waals surface area contributed by atoms with E-state index in [9.17, 15) is 0 Å². The summed E-state index contributed by atoms with van der Waals surface area (Å²) >= 11 is 3.58. The number of nitrogens with two attached hydrogens (primary N) is 1. The molecule has 118 valence electrons. The van der Waals surface area contributed by atoms with Crippen LogP contribution in [0.2, 0.25) is 0 Å². The normalized spacial score (nSPS) is 11.5. The quantitative estimate of drug-likeness (QED) is 0.822. The molecule has 0 unspecified atom stereocenters. The van der Waals surface area contributed by atoms with E-state index in [-0.39, 0.29) is 5.41 Å². The summed E-state index contributed by atoms with van der Waals surface area (Å²) in [7, 11) is 0. The first-order valence-electron chi connectivity index (χ1n) is 7.52. The predicted molar refractivity (Wildman–Crippen MR) is 96.2 cm³/mol. The van der Waals surface area contributed by atoms with Gasteiger partial charge in [0.2, 0.25) is 0 Å². The van der Waals surface area contributed by atoms with Crippen molar-refractivity contribution in [3.63, 3.8) is 0 Å². The molecule has 0 aromatic heterocycles. The van der Waals surface area contributed by atoms with Gasteiger partial charge in [0.1, 0.15) is 12.4 Å². The Morgan fingerprint density at radius 1 is 1.05 bits per heavy atom. The van der Waals surface area contributed by atoms with Crippen molar-refractivity contribution >= 4 is 15.9 Å². The molecule has 0 radical (unpaired) electrons. The highest BCUT2D eigenvalue weighted by molar-refractivity contribution is 9.10. The van der Waals surface area contributed by atoms with Gasteiger partial charge in [-0.3, -0.25) is 0 Å². The fraction of sp³-hybridized carbons (Fsp3) is 0.368. The van der Waals surface area contributed by atoms with E-state index in [4.69, 9.17) is 10.5 Å². The monoisotopic (exact) mass is 361 g/mol. The maximum atomic E-state index is 6.16. The lowest BCUT2D eigenvalue weighted by Gasteiger charge is -2.25. The molecular formula is C19H24BrNO. The predicted octanol–water partition coefficient (Wildman–Crippen LogP) is 5.09. The Kier molecular flexibility index (Phi) is 5.30. The third-order valence-electron chi connectivity index (χ3n) is 3.69. The molecule has 0 aliphatic heterocycles. The summed E-state index contributed by atoms with van der Waals surface area (Å²) in [5, 5.41) is 0. The fourth-order valence-corrected chi connectivity index (χ4v) is 2.98. The molecule has 2 rings (SSSR count). The third kappa shape index (κ3) is 4.11. The second-order valence-corrected chi connectivity index (χ2v) is 7.57. The van der Waals surface area contributed by atoms with Crippen molar-refractivity contribution in [2.75, 3.05) is 0 Å². The molecule has 0 aliphatic carbocycles. The topological polar surface area (TPSA) is 35.2 Å². The maximum absolute atomic E-state index is 6.16. The number of rotatable bonds is 4. The number of hydrogen-bond donors (Lipinski definition) is 1. The van der Waals surface area contributed by atoms with Crippen molar-refractivity contribution in [1.82, 2.24) is 0 Å². The number of aryl methyl sites for hydroxylation is 1. The van der Waals surface area contributed by atoms with Gasteiger partial charge < -0.3 is 10.5 Å². The Hall–Kier alpha value is -1.32. The van der Waals surface area contributed by atoms with E-state index >= 15 is 0 Å². The number of benzene rings is 2. The molecule has 22 heavy (non-hydrogen) atoms. The van der Waals surface area contributed by atoms with E-state index in [0.717, 1.165) is 26.9 Å². The van der Waals surface area contributed by atoms with Crippen molar-refractivity contribution in [1.29, 1.82) is 0 Å². The Morgan fingerprint density at radius 2 is 1.64 bits per heavy atom. The van der Waals surface area contributed by atoms with E-state index in [0.29, 0.717) is 13.2 Å². The van der Waals surface area contributed by atoms with Crippen LogP contribution in [0.3, 0.4) is 0 Å². The number of halogens is 1. The zero-order valence-corrected chi connectivity index (χ0v) is 15.3. The first kappa shape index (κ1) is 17.0. The minimum absolute atomic E-state index is 0.0350. The molecule has 0 amide bonds. The largest absolute Gasteiger partial charge is 0.488 e. The van der Waals surface area contributed by atoms with Crippen molar-refractivity contribution in [3.8, 4) is 5.75 Å². The van der Waals surface area contributed by atoms with E-state index in [1.807, 2.05) is 0 Å². The van der Waals surface area contributed by atoms with Crippen molar-refractivity contribution in [3.05, 3.63) is 63.1 Å². The summed E-state index contributed by atoms with van der Waals surface area (Å²) in [6.45, 7) is 9.84. The van der Waals surface area contributed by atoms with E-state index in [2.05, 4.69) is 80.0 Å². The first-order chi connectivity index (χ1) is 10.3. The average molecular weight is 362 g/mol. The molecule has 0 saturated heterocycles. The van der Waals surface area contributed by atoms with Gasteiger partial charge in [0, 0.05) is 16.6 Å². The second kappa shape index (κ2) is 6.84. The molecule has 2 aromatic carbocycles. The molecule has 0 spiro atoms. The molecule has 0 bridgehead atoms. The van der Waals surface area contributed by atoms with Crippen LogP contribution in [0.5, 0.6) is 5.75 Å². The maximum Gasteiger partial charge on any atom is 0.126 e. The molecule has 0 fully saturated rings. The van der Waals surface area contributed by atoms with Crippen LogP contribution in [0.1, 0.15) is 43.0 Å². The van der Waals surface area contributed by atoms with Gasteiger partial charge in [0.25, 0.3) is 0 Å². The molecule has 3 heteroatoms. The molecule has 2 N–H and O–H groups in total. The van der Waals surface area contributed by atoms with Crippen LogP contribution in [0.4, 0.5) is 0 Å². The minimum Gasteiger partial charge on any atom is -0.488 e. The average Bonchev–Trinajstić information content (AvgIpc) is 2.45. The smallest absolute Gasteiger partial charge is 0.126 e. The SMILES string of the molecule is Cc1cc(Br)cc(C(C)(C)C)c1OCc1ccc(CN)cc1. The summed E-state index contributed by atoms with van der Waals surface area (Å²) in [5.74, 6) is 0.985. The van der Waals surface area contributed by atoms with Crippen LogP contribution in [-0.4, -0.2) is 0 Å². The fourth-order valence-electron chi connectivity index (χ4n) is 2.41. The third-order valence-corrected chi connectivity index (χ3v) is 4.15. The Bertz CT molecular complexity index is 642. The van der Waals surface area contributed by atoms with Crippen LogP contribution in [0, 0.1) is 6.92 Å². The van der Waals surface area contributed by atoms with Crippen LogP contribution >= 0.6 is 15.9 Å². The number of ether oxygens (including phenoxy) is 1. The Morgan fingerprint density at radius 3 is 2.18 bits per heavy atom. The van der Waals surface area contributed by atoms with Crippen LogP contribution < -0.4 is 10.5 Å². The van der Waals surface area contributed by atoms with Crippen molar-refractivity contribution in [2.24, 2.45) is 5.73 Å². The van der Waals surface area contributed by atoms with Crippen LogP contribution in [0.25, 0.3) is 0 Å². The van der Waals surface area contributed by atoms with Gasteiger partial charge in [0.05, 0.1) is 0 Å². The molecule has 2 aromatic rings. The zero-order valence-electron chi connectivity index (χ0n) is 13.7. The lowest BCUT2D eigenvalue weighted by atomic mass is 9.85. The summed E-state index contributed by atoms with van der Waals surface area (Å²) < 4.78 is 7.25. The van der Waals surface area contributed by atoms with Gasteiger partial charge in [0.15, 0.2) is 0 Å². The summed E-state index contributed by atoms with van der Waals surface area (Å²) in [5.41, 5.74) is 10.3. The summed E-state index contributed by atoms with van der Waals surface area (Å²) in [6, 6.07) is 12.5. The molecule has 2 nitrogen and oxygen atoms in total. The summed E-state index contributed by atoms with van der Waals surface area (Å²) in [4.78, 5) is 0. The van der Waals surface area contributed by atoms with Crippen molar-refractivity contribution < 1.29 is 4.74 Å². The first-order valence-corrected chi connectivity index (χ1v) is 8.32. The summed E-state index contributed by atoms with van der Waals surface area (Å²) in [6.07, 6.45) is 0. The van der Waals surface area contributed by atoms with Gasteiger partial charge in [-0.25, -0.2) is 0 Å². The van der Waals surface area contributed by atoms with Crippen LogP contribution in [-0.2, 0) is 18.6 Å². The minimum atomic E-state index is 0.0350. The van der Waals surface area contributed by atoms with Crippen molar-refractivity contribution in [2.45, 2.75) is 46.3 Å². The van der Waals surface area contributed by atoms with Crippen LogP contribution in [0.15, 0.2) is 40.9 Å². The standard InChI is InChI=1S/C19H24BrNO/c1-13-9-16(20)10-17(19(2,3)4)18(13)22-12-15-7-5-14(11-21)6-8-15/h5-10H,11-12,21H2,1-4H3. The lowest BCUT2D eigenvalue weighted by molar-refractivity contribution is 0.295. The van der Waals surface area contributed by atoms with E-state index in [1.54, 1.807) is 0 Å². The highest BCUT2D eigenvalue weighted by atomic mass is 79.9. The molecule has 0 aliphatic rings. The van der Waals surface area contributed by atoms with E-state index in [1.165, 1.54) is 5.56 Å². The second-order valence-electron chi connectivity index (χ2n) is 6.66. The molecular weight excluding hydrogens is 338 g/mol. The van der Waals surface area contributed by atoms with Gasteiger partial charge in [-0.2, -0.15) is 0 Å². The molecule has 0 saturated carbocycles. The van der Waals surface area contributed by atoms with Gasteiger partial charge >= 0.3 is 0 Å². The van der Waals surface area contributed by atoms with Gasteiger partial charge in [-0.05, 0) is 41.2 Å². The highest BCUT2D eigenvalue weighted by Crippen LogP contribution is 2.36. The van der Waals surface area contributed by atoms with Gasteiger partial charge in [-0.1, -0.05) is 61.0 Å². The highest BCUT2D eigenvalue weighted by Gasteiger charge is 2.21. The number of hydrogen-bond acceptors (Lipinski definition) is 2. The zero-order chi connectivity index (χ0) is 16.3. The molecule has 0 atom stereocenters. The Balaban J connectivity index is 2.25. The van der Waals surface area contributed by atoms with Gasteiger partial charge in [-0.15, -0.1) is 0 Å². The Labute approximate surface area is 141 Å². The van der Waals surface area contributed by atoms with E-state index < -0.39 is 0 Å².